The van der Waals surface area contributed by atoms with E-state index in [-0.39, 0.29) is 0 Å². The van der Waals surface area contributed by atoms with Gasteiger partial charge in [0, 0.05) is 16.3 Å². The number of benzene rings is 2. The molecule has 4 aromatic rings. The average Bonchev–Trinajstić information content (AvgIpc) is 3.00. The fraction of sp³-hybridized carbons (Fsp3) is 0.0625. The molecule has 4 rings (SSSR count). The standard InChI is InChI=1S/C16H13N3/c1-10-6-7-11-9-15(17-14(11)8-10)16-12-4-2-3-5-13(12)18-19-16/h2-9,17H,1H3,(H,18,19). The highest BCUT2D eigenvalue weighted by molar-refractivity contribution is 5.95. The Hall–Kier alpha value is -2.55. The Kier molecular flexibility index (Phi) is 2.03. The van der Waals surface area contributed by atoms with E-state index in [4.69, 9.17) is 0 Å². The third-order valence-corrected chi connectivity index (χ3v) is 3.50. The summed E-state index contributed by atoms with van der Waals surface area (Å²) >= 11 is 0. The molecule has 92 valence electrons. The van der Waals surface area contributed by atoms with Gasteiger partial charge in [0.05, 0.1) is 11.2 Å². The Balaban J connectivity index is 1.99. The van der Waals surface area contributed by atoms with Crippen LogP contribution in [0.25, 0.3) is 33.2 Å². The molecule has 3 heteroatoms. The number of fused-ring (bicyclic) bond motifs is 2. The van der Waals surface area contributed by atoms with Gasteiger partial charge >= 0.3 is 0 Å². The van der Waals surface area contributed by atoms with Crippen LogP contribution in [0.2, 0.25) is 0 Å². The number of aromatic amines is 2. The van der Waals surface area contributed by atoms with Gasteiger partial charge in [-0.3, -0.25) is 5.10 Å². The summed E-state index contributed by atoms with van der Waals surface area (Å²) in [5.74, 6) is 0. The molecule has 0 saturated carbocycles. The van der Waals surface area contributed by atoms with Crippen molar-refractivity contribution in [2.75, 3.05) is 0 Å². The first-order valence-corrected chi connectivity index (χ1v) is 6.34. The van der Waals surface area contributed by atoms with Crippen LogP contribution in [-0.2, 0) is 0 Å². The number of aryl methyl sites for hydroxylation is 1. The van der Waals surface area contributed by atoms with Gasteiger partial charge in [0.25, 0.3) is 0 Å². The third kappa shape index (κ3) is 1.55. The molecular weight excluding hydrogens is 234 g/mol. The van der Waals surface area contributed by atoms with Gasteiger partial charge in [-0.25, -0.2) is 0 Å². The Bertz CT molecular complexity index is 883. The Morgan fingerprint density at radius 2 is 1.84 bits per heavy atom. The fourth-order valence-corrected chi connectivity index (χ4v) is 2.54. The van der Waals surface area contributed by atoms with E-state index in [1.165, 1.54) is 10.9 Å². The molecule has 0 atom stereocenters. The van der Waals surface area contributed by atoms with Crippen LogP contribution in [0.15, 0.2) is 48.5 Å². The van der Waals surface area contributed by atoms with Gasteiger partial charge < -0.3 is 4.98 Å². The molecule has 3 nitrogen and oxygen atoms in total. The SMILES string of the molecule is Cc1ccc2cc(-c3n[nH]c4ccccc34)[nH]c2c1. The lowest BCUT2D eigenvalue weighted by Crippen LogP contribution is -1.77. The molecule has 2 aromatic carbocycles. The summed E-state index contributed by atoms with van der Waals surface area (Å²) in [5, 5.41) is 9.86. The van der Waals surface area contributed by atoms with E-state index in [0.717, 1.165) is 27.8 Å². The molecule has 19 heavy (non-hydrogen) atoms. The molecule has 0 aliphatic carbocycles. The summed E-state index contributed by atoms with van der Waals surface area (Å²) in [4.78, 5) is 3.45. The second kappa shape index (κ2) is 3.72. The van der Waals surface area contributed by atoms with Crippen LogP contribution in [0.3, 0.4) is 0 Å². The summed E-state index contributed by atoms with van der Waals surface area (Å²) in [6, 6.07) is 16.8. The normalized spacial score (nSPS) is 11.4. The van der Waals surface area contributed by atoms with E-state index in [2.05, 4.69) is 52.4 Å². The van der Waals surface area contributed by atoms with Crippen LogP contribution in [0.5, 0.6) is 0 Å². The van der Waals surface area contributed by atoms with Crippen LogP contribution >= 0.6 is 0 Å². The number of hydrogen-bond donors (Lipinski definition) is 2. The number of nitrogens with one attached hydrogen (secondary N) is 2. The second-order valence-corrected chi connectivity index (χ2v) is 4.89. The maximum atomic E-state index is 4.43. The van der Waals surface area contributed by atoms with Gasteiger partial charge in [-0.05, 0) is 30.7 Å². The molecule has 0 aliphatic heterocycles. The zero-order valence-electron chi connectivity index (χ0n) is 10.6. The van der Waals surface area contributed by atoms with Crippen molar-refractivity contribution in [3.8, 4) is 11.4 Å². The molecule has 0 fully saturated rings. The van der Waals surface area contributed by atoms with Gasteiger partial charge in [0.2, 0.25) is 0 Å². The van der Waals surface area contributed by atoms with Gasteiger partial charge in [-0.15, -0.1) is 0 Å². The van der Waals surface area contributed by atoms with Crippen molar-refractivity contribution in [3.05, 3.63) is 54.1 Å². The van der Waals surface area contributed by atoms with Crippen molar-refractivity contribution in [3.63, 3.8) is 0 Å². The monoisotopic (exact) mass is 247 g/mol. The molecular formula is C16H13N3. The van der Waals surface area contributed by atoms with E-state index in [9.17, 15) is 0 Å². The minimum absolute atomic E-state index is 0.976. The van der Waals surface area contributed by atoms with E-state index >= 15 is 0 Å². The highest BCUT2D eigenvalue weighted by Crippen LogP contribution is 2.28. The number of para-hydroxylation sites is 1. The van der Waals surface area contributed by atoms with E-state index in [1.54, 1.807) is 0 Å². The number of aromatic nitrogens is 3. The van der Waals surface area contributed by atoms with Crippen molar-refractivity contribution >= 4 is 21.8 Å². The molecule has 0 amide bonds. The summed E-state index contributed by atoms with van der Waals surface area (Å²) < 4.78 is 0. The molecule has 2 aromatic heterocycles. The van der Waals surface area contributed by atoms with Crippen molar-refractivity contribution in [1.82, 2.24) is 15.2 Å². The molecule has 0 radical (unpaired) electrons. The third-order valence-electron chi connectivity index (χ3n) is 3.50. The first kappa shape index (κ1) is 10.4. The van der Waals surface area contributed by atoms with Crippen molar-refractivity contribution < 1.29 is 0 Å². The first-order valence-electron chi connectivity index (χ1n) is 6.34. The molecule has 0 bridgehead atoms. The lowest BCUT2D eigenvalue weighted by atomic mass is 10.1. The Labute approximate surface area is 110 Å². The predicted molar refractivity (Wildman–Crippen MR) is 78.1 cm³/mol. The fourth-order valence-electron chi connectivity index (χ4n) is 2.54. The van der Waals surface area contributed by atoms with Gasteiger partial charge in [-0.2, -0.15) is 5.10 Å². The Morgan fingerprint density at radius 3 is 2.79 bits per heavy atom. The highest BCUT2D eigenvalue weighted by Gasteiger charge is 2.10. The summed E-state index contributed by atoms with van der Waals surface area (Å²) in [6.45, 7) is 2.10. The van der Waals surface area contributed by atoms with Gasteiger partial charge in [-0.1, -0.05) is 30.3 Å². The van der Waals surface area contributed by atoms with Crippen LogP contribution in [-0.4, -0.2) is 15.2 Å². The molecule has 0 unspecified atom stereocenters. The maximum absolute atomic E-state index is 4.43. The largest absolute Gasteiger partial charge is 0.353 e. The summed E-state index contributed by atoms with van der Waals surface area (Å²) in [7, 11) is 0. The number of rotatable bonds is 1. The van der Waals surface area contributed by atoms with E-state index in [1.807, 2.05) is 18.2 Å². The number of H-pyrrole nitrogens is 2. The maximum Gasteiger partial charge on any atom is 0.116 e. The molecule has 2 heterocycles. The summed E-state index contributed by atoms with van der Waals surface area (Å²) in [5.41, 5.74) is 5.50. The topological polar surface area (TPSA) is 44.5 Å². The van der Waals surface area contributed by atoms with Crippen LogP contribution in [0.1, 0.15) is 5.56 Å². The first-order chi connectivity index (χ1) is 9.31. The van der Waals surface area contributed by atoms with Crippen molar-refractivity contribution in [2.45, 2.75) is 6.92 Å². The minimum Gasteiger partial charge on any atom is -0.353 e. The molecule has 2 N–H and O–H groups in total. The number of hydrogen-bond acceptors (Lipinski definition) is 1. The zero-order chi connectivity index (χ0) is 12.8. The second-order valence-electron chi connectivity index (χ2n) is 4.89. The molecule has 0 spiro atoms. The number of nitrogens with zero attached hydrogens (tertiary/aromatic N) is 1. The van der Waals surface area contributed by atoms with Crippen LogP contribution in [0, 0.1) is 6.92 Å². The summed E-state index contributed by atoms with van der Waals surface area (Å²) in [6.07, 6.45) is 0. The zero-order valence-corrected chi connectivity index (χ0v) is 10.6. The van der Waals surface area contributed by atoms with Crippen LogP contribution < -0.4 is 0 Å². The quantitative estimate of drug-likeness (QED) is 0.524. The van der Waals surface area contributed by atoms with Gasteiger partial charge in [0.15, 0.2) is 0 Å². The van der Waals surface area contributed by atoms with Crippen molar-refractivity contribution in [1.29, 1.82) is 0 Å². The van der Waals surface area contributed by atoms with Gasteiger partial charge in [0.1, 0.15) is 5.69 Å². The minimum atomic E-state index is 0.976. The lowest BCUT2D eigenvalue weighted by molar-refractivity contribution is 1.12. The molecule has 0 aliphatic rings. The van der Waals surface area contributed by atoms with E-state index in [0.29, 0.717) is 0 Å². The lowest BCUT2D eigenvalue weighted by Gasteiger charge is -1.93. The average molecular weight is 247 g/mol. The predicted octanol–water partition coefficient (Wildman–Crippen LogP) is 4.02. The highest BCUT2D eigenvalue weighted by atomic mass is 15.1. The van der Waals surface area contributed by atoms with Crippen molar-refractivity contribution in [2.24, 2.45) is 0 Å². The van der Waals surface area contributed by atoms with Crippen LogP contribution in [0.4, 0.5) is 0 Å². The smallest absolute Gasteiger partial charge is 0.116 e. The Morgan fingerprint density at radius 1 is 0.947 bits per heavy atom. The molecule has 0 saturated heterocycles. The van der Waals surface area contributed by atoms with E-state index < -0.39 is 0 Å².